The van der Waals surface area contributed by atoms with Gasteiger partial charge >= 0.3 is 6.61 Å². The van der Waals surface area contributed by atoms with E-state index in [1.165, 1.54) is 12.8 Å². The van der Waals surface area contributed by atoms with E-state index in [0.717, 1.165) is 37.5 Å². The van der Waals surface area contributed by atoms with Crippen LogP contribution in [0.2, 0.25) is 0 Å². The average molecular weight is 368 g/mol. The van der Waals surface area contributed by atoms with Gasteiger partial charge in [-0.2, -0.15) is 8.78 Å². The second-order valence-corrected chi connectivity index (χ2v) is 6.88. The molecule has 1 aliphatic heterocycles. The van der Waals surface area contributed by atoms with Crippen molar-refractivity contribution >= 4 is 5.96 Å². The molecule has 146 valence electrons. The fourth-order valence-electron chi connectivity index (χ4n) is 3.20. The minimum absolute atomic E-state index is 0.194. The lowest BCUT2D eigenvalue weighted by Gasteiger charge is -2.29. The number of benzene rings is 1. The van der Waals surface area contributed by atoms with Crippen molar-refractivity contribution in [1.82, 2.24) is 15.5 Å². The highest BCUT2D eigenvalue weighted by Crippen LogP contribution is 2.22. The number of piperidine rings is 1. The molecule has 0 spiro atoms. The van der Waals surface area contributed by atoms with Crippen LogP contribution in [0.15, 0.2) is 23.2 Å². The number of alkyl halides is 2. The third kappa shape index (κ3) is 6.78. The Labute approximate surface area is 154 Å². The number of halogens is 2. The first-order valence-corrected chi connectivity index (χ1v) is 9.15. The summed E-state index contributed by atoms with van der Waals surface area (Å²) in [5.41, 5.74) is 1.68. The van der Waals surface area contributed by atoms with Crippen molar-refractivity contribution in [1.29, 1.82) is 0 Å². The van der Waals surface area contributed by atoms with E-state index in [0.29, 0.717) is 18.1 Å². The van der Waals surface area contributed by atoms with Gasteiger partial charge in [0.2, 0.25) is 0 Å². The molecule has 1 heterocycles. The van der Waals surface area contributed by atoms with E-state index in [4.69, 9.17) is 0 Å². The Bertz CT molecular complexity index is 587. The Hall–Kier alpha value is -1.89. The zero-order chi connectivity index (χ0) is 18.9. The third-order valence-electron chi connectivity index (χ3n) is 4.79. The van der Waals surface area contributed by atoms with Crippen molar-refractivity contribution in [2.75, 3.05) is 33.7 Å². The first-order chi connectivity index (χ1) is 12.5. The van der Waals surface area contributed by atoms with Crippen molar-refractivity contribution < 1.29 is 13.5 Å². The molecule has 1 aliphatic rings. The molecule has 7 heteroatoms. The number of guanidine groups is 1. The van der Waals surface area contributed by atoms with Crippen molar-refractivity contribution in [3.8, 4) is 5.75 Å². The second kappa shape index (κ2) is 10.3. The van der Waals surface area contributed by atoms with E-state index in [9.17, 15) is 8.78 Å². The van der Waals surface area contributed by atoms with Crippen molar-refractivity contribution in [2.24, 2.45) is 10.9 Å². The number of aliphatic imine (C=N–C) groups is 1. The zero-order valence-corrected chi connectivity index (χ0v) is 15.9. The molecule has 0 aromatic heterocycles. The number of ether oxygens (including phenoxy) is 1. The number of likely N-dealkylation sites (tertiary alicyclic amines) is 1. The van der Waals surface area contributed by atoms with Gasteiger partial charge in [0, 0.05) is 25.7 Å². The number of nitrogens with zero attached hydrogens (tertiary/aromatic N) is 2. The monoisotopic (exact) mass is 368 g/mol. The highest BCUT2D eigenvalue weighted by molar-refractivity contribution is 5.79. The van der Waals surface area contributed by atoms with Crippen LogP contribution in [0.3, 0.4) is 0 Å². The molecule has 1 aromatic carbocycles. The summed E-state index contributed by atoms with van der Waals surface area (Å²) in [6, 6.07) is 5.18. The van der Waals surface area contributed by atoms with Crippen LogP contribution < -0.4 is 15.4 Å². The van der Waals surface area contributed by atoms with Crippen LogP contribution in [0.5, 0.6) is 5.75 Å². The van der Waals surface area contributed by atoms with E-state index in [1.807, 2.05) is 13.0 Å². The van der Waals surface area contributed by atoms with Crippen LogP contribution in [0, 0.1) is 12.8 Å². The van der Waals surface area contributed by atoms with Crippen LogP contribution in [-0.4, -0.2) is 51.2 Å². The van der Waals surface area contributed by atoms with Crippen molar-refractivity contribution in [3.05, 3.63) is 29.3 Å². The SMILES string of the molecule is CN=C(NCCC1CCN(C)CC1)NCc1cc(C)ccc1OC(F)F. The summed E-state index contributed by atoms with van der Waals surface area (Å²) in [5, 5.41) is 6.49. The summed E-state index contributed by atoms with van der Waals surface area (Å²) in [6.45, 7) is 2.64. The molecule has 0 atom stereocenters. The highest BCUT2D eigenvalue weighted by atomic mass is 19.3. The van der Waals surface area contributed by atoms with Gasteiger partial charge in [-0.1, -0.05) is 17.7 Å². The number of hydrogen-bond acceptors (Lipinski definition) is 3. The fourth-order valence-corrected chi connectivity index (χ4v) is 3.20. The van der Waals surface area contributed by atoms with Gasteiger partial charge in [-0.05, 0) is 58.3 Å². The molecule has 0 unspecified atom stereocenters. The number of hydrogen-bond donors (Lipinski definition) is 2. The van der Waals surface area contributed by atoms with E-state index in [2.05, 4.69) is 32.3 Å². The smallest absolute Gasteiger partial charge is 0.387 e. The number of rotatable bonds is 7. The molecule has 26 heavy (non-hydrogen) atoms. The molecule has 1 aromatic rings. The predicted octanol–water partition coefficient (Wildman–Crippen LogP) is 2.99. The second-order valence-electron chi connectivity index (χ2n) is 6.88. The Morgan fingerprint density at radius 3 is 2.69 bits per heavy atom. The lowest BCUT2D eigenvalue weighted by molar-refractivity contribution is -0.0504. The zero-order valence-electron chi connectivity index (χ0n) is 15.9. The molecule has 0 bridgehead atoms. The summed E-state index contributed by atoms with van der Waals surface area (Å²) < 4.78 is 29.7. The van der Waals surface area contributed by atoms with Crippen molar-refractivity contribution in [3.63, 3.8) is 0 Å². The topological polar surface area (TPSA) is 48.9 Å². The lowest BCUT2D eigenvalue weighted by Crippen LogP contribution is -2.38. The first kappa shape index (κ1) is 20.4. The van der Waals surface area contributed by atoms with E-state index in [1.54, 1.807) is 19.2 Å². The minimum Gasteiger partial charge on any atom is -0.434 e. The Morgan fingerprint density at radius 2 is 2.04 bits per heavy atom. The molecule has 0 saturated carbocycles. The van der Waals surface area contributed by atoms with Crippen LogP contribution in [-0.2, 0) is 6.54 Å². The van der Waals surface area contributed by atoms with Gasteiger partial charge in [-0.15, -0.1) is 0 Å². The normalized spacial score (nSPS) is 16.8. The maximum atomic E-state index is 12.6. The summed E-state index contributed by atoms with van der Waals surface area (Å²) >= 11 is 0. The van der Waals surface area contributed by atoms with Gasteiger partial charge in [-0.3, -0.25) is 4.99 Å². The van der Waals surface area contributed by atoms with Crippen molar-refractivity contribution in [2.45, 2.75) is 39.3 Å². The molecule has 1 saturated heterocycles. The summed E-state index contributed by atoms with van der Waals surface area (Å²) in [6.07, 6.45) is 3.59. The molecule has 2 N–H and O–H groups in total. The maximum absolute atomic E-state index is 12.6. The standard InChI is InChI=1S/C19H30F2N4O/c1-14-4-5-17(26-18(20)21)16(12-14)13-24-19(22-2)23-9-6-15-7-10-25(3)11-8-15/h4-5,12,15,18H,6-11,13H2,1-3H3,(H2,22,23,24). The molecule has 0 radical (unpaired) electrons. The highest BCUT2D eigenvalue weighted by Gasteiger charge is 2.16. The molecule has 0 aliphatic carbocycles. The number of aryl methyl sites for hydroxylation is 1. The molecule has 5 nitrogen and oxygen atoms in total. The van der Waals surface area contributed by atoms with Crippen LogP contribution >= 0.6 is 0 Å². The van der Waals surface area contributed by atoms with Gasteiger partial charge in [0.15, 0.2) is 5.96 Å². The largest absolute Gasteiger partial charge is 0.434 e. The van der Waals surface area contributed by atoms with Crippen LogP contribution in [0.4, 0.5) is 8.78 Å². The summed E-state index contributed by atoms with van der Waals surface area (Å²) in [4.78, 5) is 6.57. The van der Waals surface area contributed by atoms with E-state index < -0.39 is 6.61 Å². The third-order valence-corrected chi connectivity index (χ3v) is 4.79. The molecular weight excluding hydrogens is 338 g/mol. The lowest BCUT2D eigenvalue weighted by atomic mass is 9.94. The van der Waals surface area contributed by atoms with Crippen LogP contribution in [0.25, 0.3) is 0 Å². The van der Waals surface area contributed by atoms with Crippen LogP contribution in [0.1, 0.15) is 30.4 Å². The molecule has 2 rings (SSSR count). The van der Waals surface area contributed by atoms with Gasteiger partial charge in [0.05, 0.1) is 0 Å². The molecule has 1 fully saturated rings. The molecule has 0 amide bonds. The summed E-state index contributed by atoms with van der Waals surface area (Å²) in [7, 11) is 3.87. The summed E-state index contributed by atoms with van der Waals surface area (Å²) in [5.74, 6) is 1.61. The Morgan fingerprint density at radius 1 is 1.31 bits per heavy atom. The fraction of sp³-hybridized carbons (Fsp3) is 0.632. The maximum Gasteiger partial charge on any atom is 0.387 e. The van der Waals surface area contributed by atoms with Gasteiger partial charge in [-0.25, -0.2) is 0 Å². The first-order valence-electron chi connectivity index (χ1n) is 9.15. The Balaban J connectivity index is 1.80. The van der Waals surface area contributed by atoms with Gasteiger partial charge in [0.25, 0.3) is 0 Å². The van der Waals surface area contributed by atoms with Gasteiger partial charge in [0.1, 0.15) is 5.75 Å². The predicted molar refractivity (Wildman–Crippen MR) is 101 cm³/mol. The van der Waals surface area contributed by atoms with E-state index in [-0.39, 0.29) is 5.75 Å². The quantitative estimate of drug-likeness (QED) is 0.574. The average Bonchev–Trinajstić information content (AvgIpc) is 2.61. The number of nitrogens with one attached hydrogen (secondary N) is 2. The van der Waals surface area contributed by atoms with E-state index >= 15 is 0 Å². The van der Waals surface area contributed by atoms with Gasteiger partial charge < -0.3 is 20.3 Å². The molecular formula is C19H30F2N4O. The Kier molecular flexibility index (Phi) is 8.09. The minimum atomic E-state index is -2.83.